The van der Waals surface area contributed by atoms with Gasteiger partial charge in [-0.05, 0) is 71.5 Å². The molecule has 2 rings (SSSR count). The Morgan fingerprint density at radius 1 is 1.31 bits per heavy atom. The summed E-state index contributed by atoms with van der Waals surface area (Å²) in [6.07, 6.45) is 2.47. The van der Waals surface area contributed by atoms with Gasteiger partial charge in [0.25, 0.3) is 11.1 Å². The van der Waals surface area contributed by atoms with Gasteiger partial charge < -0.3 is 15.2 Å². The molecular formula is C17H19IN2O5S. The maximum atomic E-state index is 12.3. The molecule has 9 heteroatoms. The SMILES string of the molecule is CCCOc1c(I)cc(/C=C2\SC(=O)N(CC(N)=O)C2=O)cc1OCC. The molecule has 0 unspecified atom stereocenters. The van der Waals surface area contributed by atoms with Crippen molar-refractivity contribution in [3.8, 4) is 11.5 Å². The van der Waals surface area contributed by atoms with Crippen LogP contribution in [0.15, 0.2) is 17.0 Å². The molecule has 0 aliphatic carbocycles. The van der Waals surface area contributed by atoms with E-state index >= 15 is 0 Å². The van der Waals surface area contributed by atoms with Crippen molar-refractivity contribution in [1.82, 2.24) is 4.90 Å². The molecule has 0 atom stereocenters. The van der Waals surface area contributed by atoms with Crippen LogP contribution < -0.4 is 15.2 Å². The Labute approximate surface area is 169 Å². The van der Waals surface area contributed by atoms with Crippen molar-refractivity contribution in [2.75, 3.05) is 19.8 Å². The van der Waals surface area contributed by atoms with Crippen LogP contribution in [-0.2, 0) is 9.59 Å². The summed E-state index contributed by atoms with van der Waals surface area (Å²) in [4.78, 5) is 36.3. The maximum Gasteiger partial charge on any atom is 0.294 e. The van der Waals surface area contributed by atoms with Crippen LogP contribution in [0.5, 0.6) is 11.5 Å². The van der Waals surface area contributed by atoms with Crippen LogP contribution in [0.25, 0.3) is 6.08 Å². The number of imide groups is 1. The van der Waals surface area contributed by atoms with Crippen LogP contribution in [0, 0.1) is 3.57 Å². The summed E-state index contributed by atoms with van der Waals surface area (Å²) in [5, 5.41) is -0.511. The van der Waals surface area contributed by atoms with Crippen LogP contribution in [0.3, 0.4) is 0 Å². The van der Waals surface area contributed by atoms with E-state index in [1.807, 2.05) is 19.9 Å². The molecule has 0 radical (unpaired) electrons. The fourth-order valence-corrected chi connectivity index (χ4v) is 3.84. The number of hydrogen-bond donors (Lipinski definition) is 1. The number of halogens is 1. The van der Waals surface area contributed by atoms with Crippen LogP contribution in [-0.4, -0.2) is 41.7 Å². The maximum absolute atomic E-state index is 12.3. The average molecular weight is 490 g/mol. The highest BCUT2D eigenvalue weighted by atomic mass is 127. The van der Waals surface area contributed by atoms with E-state index in [1.165, 1.54) is 0 Å². The number of hydrogen-bond acceptors (Lipinski definition) is 6. The van der Waals surface area contributed by atoms with Crippen LogP contribution >= 0.6 is 34.4 Å². The minimum Gasteiger partial charge on any atom is -0.490 e. The predicted molar refractivity (Wildman–Crippen MR) is 108 cm³/mol. The molecule has 1 heterocycles. The van der Waals surface area contributed by atoms with E-state index < -0.39 is 23.6 Å². The Bertz CT molecular complexity index is 766. The summed E-state index contributed by atoms with van der Waals surface area (Å²) in [7, 11) is 0. The normalized spacial score (nSPS) is 15.7. The van der Waals surface area contributed by atoms with Crippen LogP contribution in [0.2, 0.25) is 0 Å². The second kappa shape index (κ2) is 9.26. The third-order valence-corrected chi connectivity index (χ3v) is 4.98. The number of benzene rings is 1. The van der Waals surface area contributed by atoms with E-state index in [-0.39, 0.29) is 4.91 Å². The number of primary amides is 1. The number of ether oxygens (including phenoxy) is 2. The number of rotatable bonds is 8. The van der Waals surface area contributed by atoms with E-state index in [9.17, 15) is 14.4 Å². The molecule has 140 valence electrons. The first kappa shape index (κ1) is 20.6. The Morgan fingerprint density at radius 3 is 2.65 bits per heavy atom. The second-order valence-electron chi connectivity index (χ2n) is 5.35. The second-order valence-corrected chi connectivity index (χ2v) is 7.50. The molecule has 1 fully saturated rings. The standard InChI is InChI=1S/C17H19IN2O5S/c1-3-5-25-15-11(18)6-10(7-12(15)24-4-2)8-13-16(22)20(9-14(19)21)17(23)26-13/h6-8H,3-5,9H2,1-2H3,(H2,19,21)/b13-8-. The number of nitrogens with two attached hydrogens (primary N) is 1. The van der Waals surface area contributed by atoms with Gasteiger partial charge in [0.1, 0.15) is 6.54 Å². The number of carbonyl (C=O) groups is 3. The molecule has 0 spiro atoms. The minimum atomic E-state index is -0.737. The summed E-state index contributed by atoms with van der Waals surface area (Å²) in [5.74, 6) is -0.0269. The fraction of sp³-hybridized carbons (Fsp3) is 0.353. The van der Waals surface area contributed by atoms with Gasteiger partial charge in [-0.1, -0.05) is 6.92 Å². The molecule has 0 aromatic heterocycles. The summed E-state index contributed by atoms with van der Waals surface area (Å²) in [6, 6.07) is 3.61. The predicted octanol–water partition coefficient (Wildman–Crippen LogP) is 3.00. The first-order valence-electron chi connectivity index (χ1n) is 8.00. The average Bonchev–Trinajstić information content (AvgIpc) is 2.81. The zero-order valence-electron chi connectivity index (χ0n) is 14.4. The van der Waals surface area contributed by atoms with Crippen molar-refractivity contribution in [2.45, 2.75) is 20.3 Å². The lowest BCUT2D eigenvalue weighted by Gasteiger charge is -2.14. The minimum absolute atomic E-state index is 0.233. The summed E-state index contributed by atoms with van der Waals surface area (Å²) in [5.41, 5.74) is 5.78. The van der Waals surface area contributed by atoms with Crippen molar-refractivity contribution < 1.29 is 23.9 Å². The van der Waals surface area contributed by atoms with E-state index in [0.29, 0.717) is 30.3 Å². The molecule has 0 saturated carbocycles. The van der Waals surface area contributed by atoms with E-state index in [2.05, 4.69) is 22.6 Å². The highest BCUT2D eigenvalue weighted by molar-refractivity contribution is 14.1. The van der Waals surface area contributed by atoms with E-state index in [1.54, 1.807) is 12.1 Å². The number of thioether (sulfide) groups is 1. The lowest BCUT2D eigenvalue weighted by Crippen LogP contribution is -2.36. The first-order chi connectivity index (χ1) is 12.4. The molecule has 0 bridgehead atoms. The summed E-state index contributed by atoms with van der Waals surface area (Å²) < 4.78 is 12.2. The number of amides is 3. The summed E-state index contributed by atoms with van der Waals surface area (Å²) >= 11 is 2.92. The Hall–Kier alpha value is -1.75. The fourth-order valence-electron chi connectivity index (χ4n) is 2.22. The smallest absolute Gasteiger partial charge is 0.294 e. The molecule has 3 amide bonds. The first-order valence-corrected chi connectivity index (χ1v) is 9.89. The summed E-state index contributed by atoms with van der Waals surface area (Å²) in [6.45, 7) is 4.51. The van der Waals surface area contributed by atoms with Gasteiger partial charge in [-0.25, -0.2) is 0 Å². The molecule has 1 aromatic carbocycles. The highest BCUT2D eigenvalue weighted by Crippen LogP contribution is 2.37. The van der Waals surface area contributed by atoms with Crippen LogP contribution in [0.1, 0.15) is 25.8 Å². The molecular weight excluding hydrogens is 471 g/mol. The molecule has 1 saturated heterocycles. The Kier molecular flexibility index (Phi) is 7.33. The topological polar surface area (TPSA) is 98.9 Å². The highest BCUT2D eigenvalue weighted by Gasteiger charge is 2.35. The van der Waals surface area contributed by atoms with Crippen LogP contribution in [0.4, 0.5) is 4.79 Å². The zero-order chi connectivity index (χ0) is 19.3. The zero-order valence-corrected chi connectivity index (χ0v) is 17.4. The molecule has 26 heavy (non-hydrogen) atoms. The van der Waals surface area contributed by atoms with Gasteiger partial charge in [-0.15, -0.1) is 0 Å². The lowest BCUT2D eigenvalue weighted by atomic mass is 10.2. The number of nitrogens with zero attached hydrogens (tertiary/aromatic N) is 1. The number of carbonyl (C=O) groups excluding carboxylic acids is 3. The van der Waals surface area contributed by atoms with Gasteiger partial charge in [0.15, 0.2) is 11.5 Å². The third kappa shape index (κ3) is 4.91. The van der Waals surface area contributed by atoms with Gasteiger partial charge >= 0.3 is 0 Å². The third-order valence-electron chi connectivity index (χ3n) is 3.27. The Morgan fingerprint density at radius 2 is 2.04 bits per heavy atom. The molecule has 1 aromatic rings. The van der Waals surface area contributed by atoms with Crippen molar-refractivity contribution >= 4 is 57.5 Å². The molecule has 2 N–H and O–H groups in total. The molecule has 1 aliphatic heterocycles. The lowest BCUT2D eigenvalue weighted by molar-refractivity contribution is -0.127. The van der Waals surface area contributed by atoms with Gasteiger partial charge in [0, 0.05) is 0 Å². The van der Waals surface area contributed by atoms with E-state index in [4.69, 9.17) is 15.2 Å². The molecule has 1 aliphatic rings. The quantitative estimate of drug-likeness (QED) is 0.445. The largest absolute Gasteiger partial charge is 0.490 e. The van der Waals surface area contributed by atoms with Gasteiger partial charge in [0.05, 0.1) is 21.7 Å². The van der Waals surface area contributed by atoms with Crippen molar-refractivity contribution in [3.05, 3.63) is 26.2 Å². The van der Waals surface area contributed by atoms with Gasteiger partial charge in [-0.3, -0.25) is 19.3 Å². The van der Waals surface area contributed by atoms with Crippen molar-refractivity contribution in [1.29, 1.82) is 0 Å². The monoisotopic (exact) mass is 490 g/mol. The Balaban J connectivity index is 2.34. The van der Waals surface area contributed by atoms with Gasteiger partial charge in [-0.2, -0.15) is 0 Å². The van der Waals surface area contributed by atoms with Crippen molar-refractivity contribution in [3.63, 3.8) is 0 Å². The van der Waals surface area contributed by atoms with Gasteiger partial charge in [0.2, 0.25) is 5.91 Å². The van der Waals surface area contributed by atoms with Crippen molar-refractivity contribution in [2.24, 2.45) is 5.73 Å². The van der Waals surface area contributed by atoms with E-state index in [0.717, 1.165) is 26.7 Å². The molecule has 7 nitrogen and oxygen atoms in total.